The Morgan fingerprint density at radius 1 is 1.14 bits per heavy atom. The molecule has 232 valence electrons. The zero-order valence-electron chi connectivity index (χ0n) is 25.3. The molecular formula is C30H48FN9O2. The Balaban J connectivity index is 1.38. The van der Waals surface area contributed by atoms with Crippen LogP contribution >= 0.6 is 0 Å². The zero-order valence-corrected chi connectivity index (χ0v) is 25.3. The summed E-state index contributed by atoms with van der Waals surface area (Å²) in [6.45, 7) is 14.3. The number of fused-ring (bicyclic) bond motifs is 5. The number of hydrazine groups is 2. The van der Waals surface area contributed by atoms with Gasteiger partial charge in [-0.3, -0.25) is 20.0 Å². The minimum absolute atomic E-state index is 0.0415. The number of rotatable bonds is 3. The molecule has 3 amide bonds. The van der Waals surface area contributed by atoms with Crippen LogP contribution in [0.15, 0.2) is 36.7 Å². The van der Waals surface area contributed by atoms with Crippen LogP contribution in [-0.4, -0.2) is 100 Å². The lowest BCUT2D eigenvalue weighted by molar-refractivity contribution is -0.138. The Hall–Kier alpha value is -2.67. The van der Waals surface area contributed by atoms with Crippen molar-refractivity contribution < 1.29 is 14.0 Å². The maximum absolute atomic E-state index is 16.3. The van der Waals surface area contributed by atoms with Gasteiger partial charge in [0.05, 0.1) is 24.1 Å². The third-order valence-corrected chi connectivity index (χ3v) is 10.3. The molecule has 2 bridgehead atoms. The number of amides is 3. The number of hydrogen-bond donors (Lipinski definition) is 5. The van der Waals surface area contributed by atoms with Gasteiger partial charge in [0.25, 0.3) is 0 Å². The summed E-state index contributed by atoms with van der Waals surface area (Å²) in [5.41, 5.74) is 7.15. The average Bonchev–Trinajstić information content (AvgIpc) is 3.41. The van der Waals surface area contributed by atoms with Crippen LogP contribution < -0.4 is 26.9 Å². The summed E-state index contributed by atoms with van der Waals surface area (Å²) in [6.07, 6.45) is 8.00. The molecule has 6 heterocycles. The minimum atomic E-state index is -1.17. The van der Waals surface area contributed by atoms with E-state index in [-0.39, 0.29) is 54.4 Å². The molecule has 0 radical (unpaired) electrons. The predicted molar refractivity (Wildman–Crippen MR) is 159 cm³/mol. The summed E-state index contributed by atoms with van der Waals surface area (Å²) in [4.78, 5) is 33.1. The third-order valence-electron chi connectivity index (χ3n) is 10.3. The molecule has 4 fully saturated rings. The Kier molecular flexibility index (Phi) is 8.25. The SMILES string of the molecule is C=CC(=O)N1C(C)CN(C2NC(=O)N3C4NC(C(F)CC24)N2NNC=C2C/C=C\CC2CCNC(C(C)C)C23)CC1C. The van der Waals surface area contributed by atoms with E-state index in [4.69, 9.17) is 0 Å². The molecule has 6 aliphatic rings. The molecule has 6 aliphatic heterocycles. The van der Waals surface area contributed by atoms with Crippen molar-refractivity contribution in [1.82, 2.24) is 46.6 Å². The van der Waals surface area contributed by atoms with Crippen molar-refractivity contribution in [2.45, 2.75) is 102 Å². The highest BCUT2D eigenvalue weighted by molar-refractivity contribution is 5.87. The van der Waals surface area contributed by atoms with E-state index in [1.165, 1.54) is 6.08 Å². The molecule has 42 heavy (non-hydrogen) atoms. The van der Waals surface area contributed by atoms with Crippen molar-refractivity contribution in [2.75, 3.05) is 19.6 Å². The van der Waals surface area contributed by atoms with E-state index in [0.29, 0.717) is 37.8 Å². The fraction of sp³-hybridized carbons (Fsp3) is 0.733. The number of halogens is 1. The fourth-order valence-corrected chi connectivity index (χ4v) is 8.51. The maximum Gasteiger partial charge on any atom is 0.320 e. The van der Waals surface area contributed by atoms with Gasteiger partial charge in [-0.2, -0.15) is 0 Å². The lowest BCUT2D eigenvalue weighted by Gasteiger charge is -2.59. The number of alkyl halides is 1. The van der Waals surface area contributed by atoms with E-state index < -0.39 is 12.3 Å². The molecule has 0 aromatic carbocycles. The number of allylic oxidation sites excluding steroid dienone is 2. The largest absolute Gasteiger partial charge is 0.331 e. The van der Waals surface area contributed by atoms with Gasteiger partial charge in [-0.15, -0.1) is 5.53 Å². The first kappa shape index (κ1) is 29.4. The summed E-state index contributed by atoms with van der Waals surface area (Å²) in [6, 6.07) is -0.148. The van der Waals surface area contributed by atoms with Gasteiger partial charge in [0, 0.05) is 49.8 Å². The Morgan fingerprint density at radius 2 is 1.90 bits per heavy atom. The van der Waals surface area contributed by atoms with Gasteiger partial charge in [-0.05, 0) is 57.6 Å². The quantitative estimate of drug-likeness (QED) is 0.251. The van der Waals surface area contributed by atoms with E-state index in [1.807, 2.05) is 34.9 Å². The van der Waals surface area contributed by atoms with Crippen molar-refractivity contribution in [3.05, 3.63) is 36.7 Å². The standard InChI is InChI=1S/C30H48FN9O2/c1-6-24(41)38-18(4)15-37(16-19(38)5)27-22-13-23(31)29-34-28(22)39(30(42)35-27)26-20(11-12-32-25(26)17(2)3)9-7-8-10-21-14-33-36-40(21)29/h6-8,14,17-20,22-23,25-29,32-34,36H,1,9-13,15-16H2,2-5H3,(H,35,42)/b8-7-. The molecule has 12 heteroatoms. The summed E-state index contributed by atoms with van der Waals surface area (Å²) in [5.74, 6) is 0.341. The van der Waals surface area contributed by atoms with Gasteiger partial charge in [0.15, 0.2) is 0 Å². The van der Waals surface area contributed by atoms with Gasteiger partial charge in [0.2, 0.25) is 5.91 Å². The van der Waals surface area contributed by atoms with Crippen molar-refractivity contribution >= 4 is 11.9 Å². The molecule has 0 spiro atoms. The zero-order chi connectivity index (χ0) is 29.7. The molecule has 10 atom stereocenters. The number of nitrogens with zero attached hydrogens (tertiary/aromatic N) is 4. The number of piperidine rings is 2. The van der Waals surface area contributed by atoms with E-state index in [9.17, 15) is 9.59 Å². The molecule has 0 aromatic heterocycles. The molecule has 0 saturated carbocycles. The molecule has 5 N–H and O–H groups in total. The predicted octanol–water partition coefficient (Wildman–Crippen LogP) is 1.56. The van der Waals surface area contributed by atoms with Crippen LogP contribution in [0.5, 0.6) is 0 Å². The van der Waals surface area contributed by atoms with Gasteiger partial charge in [0.1, 0.15) is 12.3 Å². The van der Waals surface area contributed by atoms with E-state index >= 15 is 4.39 Å². The van der Waals surface area contributed by atoms with Crippen LogP contribution in [0.4, 0.5) is 9.18 Å². The molecular weight excluding hydrogens is 537 g/mol. The minimum Gasteiger partial charge on any atom is -0.331 e. The normalized spacial score (nSPS) is 41.4. The van der Waals surface area contributed by atoms with Crippen molar-refractivity contribution in [1.29, 1.82) is 0 Å². The Bertz CT molecular complexity index is 1100. The first-order chi connectivity index (χ1) is 20.2. The van der Waals surface area contributed by atoms with Gasteiger partial charge >= 0.3 is 6.03 Å². The number of carbonyl (C=O) groups is 2. The van der Waals surface area contributed by atoms with Crippen LogP contribution in [0.2, 0.25) is 0 Å². The van der Waals surface area contributed by atoms with E-state index in [0.717, 1.165) is 25.1 Å². The van der Waals surface area contributed by atoms with E-state index in [2.05, 4.69) is 64.4 Å². The van der Waals surface area contributed by atoms with E-state index in [1.54, 1.807) is 0 Å². The summed E-state index contributed by atoms with van der Waals surface area (Å²) in [5, 5.41) is 12.6. The van der Waals surface area contributed by atoms with Crippen LogP contribution in [-0.2, 0) is 4.79 Å². The van der Waals surface area contributed by atoms with Crippen LogP contribution in [0.1, 0.15) is 53.4 Å². The molecule has 6 rings (SSSR count). The smallest absolute Gasteiger partial charge is 0.320 e. The second kappa shape index (κ2) is 11.8. The lowest BCUT2D eigenvalue weighted by Crippen LogP contribution is -2.80. The molecule has 10 unspecified atom stereocenters. The Morgan fingerprint density at radius 3 is 2.62 bits per heavy atom. The molecule has 0 aliphatic carbocycles. The monoisotopic (exact) mass is 585 g/mol. The van der Waals surface area contributed by atoms with Gasteiger partial charge in [-0.1, -0.05) is 32.6 Å². The fourth-order valence-electron chi connectivity index (χ4n) is 8.51. The second-order valence-corrected chi connectivity index (χ2v) is 13.3. The van der Waals surface area contributed by atoms with Crippen LogP contribution in [0.3, 0.4) is 0 Å². The van der Waals surface area contributed by atoms with Crippen LogP contribution in [0, 0.1) is 17.8 Å². The second-order valence-electron chi connectivity index (χ2n) is 13.3. The topological polar surface area (TPSA) is 107 Å². The number of nitrogens with one attached hydrogen (secondary N) is 5. The molecule has 0 aromatic rings. The van der Waals surface area contributed by atoms with Crippen molar-refractivity contribution in [3.8, 4) is 0 Å². The number of urea groups is 1. The summed E-state index contributed by atoms with van der Waals surface area (Å²) in [7, 11) is 0. The lowest BCUT2D eigenvalue weighted by atomic mass is 9.76. The highest BCUT2D eigenvalue weighted by atomic mass is 19.1. The number of piperazine rings is 1. The van der Waals surface area contributed by atoms with Crippen molar-refractivity contribution in [3.63, 3.8) is 0 Å². The molecule has 11 nitrogen and oxygen atoms in total. The highest BCUT2D eigenvalue weighted by Crippen LogP contribution is 2.40. The van der Waals surface area contributed by atoms with Gasteiger partial charge in [-0.25, -0.2) is 9.18 Å². The highest BCUT2D eigenvalue weighted by Gasteiger charge is 2.56. The van der Waals surface area contributed by atoms with Gasteiger partial charge < -0.3 is 25.9 Å². The first-order valence-corrected chi connectivity index (χ1v) is 15.7. The summed E-state index contributed by atoms with van der Waals surface area (Å²) >= 11 is 0. The maximum atomic E-state index is 16.3. The third kappa shape index (κ3) is 5.10. The Labute approximate surface area is 248 Å². The summed E-state index contributed by atoms with van der Waals surface area (Å²) < 4.78 is 16.3. The van der Waals surface area contributed by atoms with Crippen molar-refractivity contribution in [2.24, 2.45) is 17.8 Å². The number of carbonyl (C=O) groups excluding carboxylic acids is 2. The molecule has 4 saturated heterocycles. The first-order valence-electron chi connectivity index (χ1n) is 15.7. The number of hydrogen-bond acceptors (Lipinski definition) is 8. The average molecular weight is 586 g/mol. The van der Waals surface area contributed by atoms with Crippen LogP contribution in [0.25, 0.3) is 0 Å².